The standard InChI is InChI=1S/C22H22ClFN2O2S/c1-22(2,27)21-13-18(26(25-21)17-9-4-3-8-16(17)23)20-11-10-19(29-20)14-6-5-7-15(12-14)28-24/h3-7,9,11-13,16,19,27H,8,10H2,1-2H3. The summed E-state index contributed by atoms with van der Waals surface area (Å²) in [6.07, 6.45) is 9.66. The first kappa shape index (κ1) is 20.3. The van der Waals surface area contributed by atoms with Gasteiger partial charge in [0, 0.05) is 14.7 Å². The van der Waals surface area contributed by atoms with E-state index >= 15 is 0 Å². The lowest BCUT2D eigenvalue weighted by molar-refractivity contribution is -0.00628. The van der Waals surface area contributed by atoms with E-state index in [0.29, 0.717) is 5.69 Å². The zero-order valence-corrected chi connectivity index (χ0v) is 17.8. The summed E-state index contributed by atoms with van der Waals surface area (Å²) in [4.78, 5) is 4.94. The average Bonchev–Trinajstić information content (AvgIpc) is 3.35. The van der Waals surface area contributed by atoms with E-state index in [1.54, 1.807) is 43.8 Å². The number of benzene rings is 1. The first-order chi connectivity index (χ1) is 13.9. The van der Waals surface area contributed by atoms with Gasteiger partial charge in [-0.05, 0) is 56.5 Å². The molecule has 1 aliphatic carbocycles. The first-order valence-electron chi connectivity index (χ1n) is 9.46. The molecule has 4 nitrogen and oxygen atoms in total. The molecule has 0 saturated carbocycles. The highest BCUT2D eigenvalue weighted by Gasteiger charge is 2.29. The maximum absolute atomic E-state index is 12.6. The Labute approximate surface area is 178 Å². The van der Waals surface area contributed by atoms with E-state index in [0.717, 1.165) is 34.7 Å². The Bertz CT molecular complexity index is 1010. The van der Waals surface area contributed by atoms with Crippen molar-refractivity contribution < 1.29 is 14.6 Å². The molecule has 1 aliphatic heterocycles. The molecule has 1 N–H and O–H groups in total. The predicted octanol–water partition coefficient (Wildman–Crippen LogP) is 6.00. The predicted molar refractivity (Wildman–Crippen MR) is 116 cm³/mol. The lowest BCUT2D eigenvalue weighted by atomic mass is 10.1. The van der Waals surface area contributed by atoms with Crippen LogP contribution in [-0.2, 0) is 5.60 Å². The SMILES string of the molecule is CC(C)(O)c1cc(C2=CCC(c3cccc(OF)c3)S2)n(C2=CC=CCC2Cl)n1. The second-order valence-corrected chi connectivity index (χ2v) is 9.44. The number of aliphatic hydroxyl groups is 1. The summed E-state index contributed by atoms with van der Waals surface area (Å²) in [6, 6.07) is 8.99. The van der Waals surface area contributed by atoms with Crippen molar-refractivity contribution in [3.05, 3.63) is 71.6 Å². The number of hydrogen-bond donors (Lipinski definition) is 1. The number of nitrogens with zero attached hydrogens (tertiary/aromatic N) is 2. The van der Waals surface area contributed by atoms with Crippen molar-refractivity contribution in [1.29, 1.82) is 0 Å². The van der Waals surface area contributed by atoms with Crippen LogP contribution in [0.3, 0.4) is 0 Å². The average molecular weight is 433 g/mol. The molecule has 4 rings (SSSR count). The smallest absolute Gasteiger partial charge is 0.172 e. The summed E-state index contributed by atoms with van der Waals surface area (Å²) in [5.41, 5.74) is 2.31. The number of aromatic nitrogens is 2. The van der Waals surface area contributed by atoms with Gasteiger partial charge in [0.15, 0.2) is 5.75 Å². The van der Waals surface area contributed by atoms with Gasteiger partial charge in [-0.2, -0.15) is 5.10 Å². The maximum Gasteiger partial charge on any atom is 0.172 e. The Balaban J connectivity index is 1.68. The minimum atomic E-state index is -1.07. The summed E-state index contributed by atoms with van der Waals surface area (Å²) < 4.78 is 14.4. The Morgan fingerprint density at radius 2 is 2.14 bits per heavy atom. The van der Waals surface area contributed by atoms with Crippen LogP contribution in [-0.4, -0.2) is 20.3 Å². The second-order valence-electron chi connectivity index (χ2n) is 7.67. The topological polar surface area (TPSA) is 47.3 Å². The summed E-state index contributed by atoms with van der Waals surface area (Å²) in [7, 11) is 0. The Kier molecular flexibility index (Phi) is 5.60. The molecule has 29 heavy (non-hydrogen) atoms. The molecule has 2 atom stereocenters. The molecule has 0 bridgehead atoms. The van der Waals surface area contributed by atoms with E-state index in [4.69, 9.17) is 11.6 Å². The maximum atomic E-state index is 12.6. The van der Waals surface area contributed by atoms with Crippen molar-refractivity contribution in [2.45, 2.75) is 42.9 Å². The van der Waals surface area contributed by atoms with Crippen molar-refractivity contribution in [1.82, 2.24) is 9.78 Å². The fourth-order valence-corrected chi connectivity index (χ4v) is 4.95. The van der Waals surface area contributed by atoms with Crippen LogP contribution >= 0.6 is 23.4 Å². The number of allylic oxidation sites excluding steroid dienone is 5. The Morgan fingerprint density at radius 3 is 2.86 bits per heavy atom. The minimum absolute atomic E-state index is 0.154. The van der Waals surface area contributed by atoms with Crippen LogP contribution in [0.4, 0.5) is 4.53 Å². The van der Waals surface area contributed by atoms with E-state index in [1.165, 1.54) is 0 Å². The minimum Gasteiger partial charge on any atom is -0.384 e. The van der Waals surface area contributed by atoms with Crippen molar-refractivity contribution in [3.8, 4) is 5.75 Å². The van der Waals surface area contributed by atoms with Gasteiger partial charge in [-0.1, -0.05) is 30.4 Å². The van der Waals surface area contributed by atoms with Crippen LogP contribution in [0.15, 0.2) is 54.6 Å². The van der Waals surface area contributed by atoms with Gasteiger partial charge < -0.3 is 5.11 Å². The summed E-state index contributed by atoms with van der Waals surface area (Å²) >= 11 is 8.25. The number of halogens is 2. The van der Waals surface area contributed by atoms with E-state index in [1.807, 2.05) is 35.0 Å². The van der Waals surface area contributed by atoms with Gasteiger partial charge in [-0.15, -0.1) is 23.4 Å². The van der Waals surface area contributed by atoms with Gasteiger partial charge in [-0.25, -0.2) is 4.68 Å². The van der Waals surface area contributed by atoms with Crippen molar-refractivity contribution in [3.63, 3.8) is 0 Å². The molecular weight excluding hydrogens is 411 g/mol. The van der Waals surface area contributed by atoms with E-state index in [2.05, 4.69) is 16.1 Å². The zero-order chi connectivity index (χ0) is 20.6. The Hall–Kier alpha value is -2.02. The monoisotopic (exact) mass is 432 g/mol. The number of hydrogen-bond acceptors (Lipinski definition) is 4. The van der Waals surface area contributed by atoms with Crippen LogP contribution in [0, 0.1) is 0 Å². The molecule has 2 aromatic rings. The molecule has 0 spiro atoms. The molecule has 1 aromatic carbocycles. The van der Waals surface area contributed by atoms with E-state index < -0.39 is 5.60 Å². The normalized spacial score (nSPS) is 21.8. The number of thioether (sulfide) groups is 1. The highest BCUT2D eigenvalue weighted by molar-refractivity contribution is 8.08. The van der Waals surface area contributed by atoms with Gasteiger partial charge in [-0.3, -0.25) is 4.94 Å². The van der Waals surface area contributed by atoms with Crippen molar-refractivity contribution in [2.24, 2.45) is 0 Å². The molecule has 2 aliphatic rings. The molecule has 1 aromatic heterocycles. The molecule has 0 amide bonds. The molecular formula is C22H22ClFN2O2S. The van der Waals surface area contributed by atoms with Gasteiger partial charge >= 0.3 is 0 Å². The number of rotatable bonds is 5. The quantitative estimate of drug-likeness (QED) is 0.588. The third kappa shape index (κ3) is 4.15. The molecule has 0 radical (unpaired) electrons. The summed E-state index contributed by atoms with van der Waals surface area (Å²) in [5.74, 6) is 0.204. The lowest BCUT2D eigenvalue weighted by Crippen LogP contribution is -2.18. The van der Waals surface area contributed by atoms with E-state index in [-0.39, 0.29) is 16.4 Å². The second kappa shape index (κ2) is 8.01. The van der Waals surface area contributed by atoms with Crippen LogP contribution in [0.2, 0.25) is 0 Å². The molecule has 152 valence electrons. The van der Waals surface area contributed by atoms with Crippen molar-refractivity contribution >= 4 is 34.0 Å². The molecule has 7 heteroatoms. The molecule has 0 saturated heterocycles. The highest BCUT2D eigenvalue weighted by Crippen LogP contribution is 2.49. The van der Waals surface area contributed by atoms with Crippen LogP contribution in [0.5, 0.6) is 5.75 Å². The van der Waals surface area contributed by atoms with Crippen LogP contribution in [0.25, 0.3) is 10.6 Å². The van der Waals surface area contributed by atoms with Gasteiger partial charge in [0.2, 0.25) is 0 Å². The fraction of sp³-hybridized carbons (Fsp3) is 0.318. The third-order valence-electron chi connectivity index (χ3n) is 5.01. The van der Waals surface area contributed by atoms with E-state index in [9.17, 15) is 9.63 Å². The Morgan fingerprint density at radius 1 is 1.31 bits per heavy atom. The highest BCUT2D eigenvalue weighted by atomic mass is 35.5. The van der Waals surface area contributed by atoms with Gasteiger partial charge in [0.1, 0.15) is 5.60 Å². The first-order valence-corrected chi connectivity index (χ1v) is 10.8. The largest absolute Gasteiger partial charge is 0.384 e. The summed E-state index contributed by atoms with van der Waals surface area (Å²) in [5, 5.41) is 15.2. The van der Waals surface area contributed by atoms with Crippen LogP contribution in [0.1, 0.15) is 48.9 Å². The lowest BCUT2D eigenvalue weighted by Gasteiger charge is -2.19. The molecule has 2 unspecified atom stereocenters. The van der Waals surface area contributed by atoms with Gasteiger partial charge in [0.25, 0.3) is 0 Å². The molecule has 0 fully saturated rings. The van der Waals surface area contributed by atoms with Gasteiger partial charge in [0.05, 0.1) is 22.5 Å². The summed E-state index contributed by atoms with van der Waals surface area (Å²) in [6.45, 7) is 3.44. The molecule has 2 heterocycles. The fourth-order valence-electron chi connectivity index (χ4n) is 3.44. The van der Waals surface area contributed by atoms with Crippen LogP contribution < -0.4 is 4.94 Å². The van der Waals surface area contributed by atoms with Crippen molar-refractivity contribution in [2.75, 3.05) is 0 Å². The third-order valence-corrected chi connectivity index (χ3v) is 6.79. The number of alkyl halides is 1. The zero-order valence-electron chi connectivity index (χ0n) is 16.2.